The number of anilines is 1. The molecule has 0 spiro atoms. The Labute approximate surface area is 98.2 Å². The van der Waals surface area contributed by atoms with E-state index >= 15 is 0 Å². The second-order valence-electron chi connectivity index (χ2n) is 3.66. The molecule has 0 aliphatic heterocycles. The number of thiazole rings is 1. The first kappa shape index (κ1) is 11.1. The van der Waals surface area contributed by atoms with Gasteiger partial charge in [-0.2, -0.15) is 0 Å². The molecular formula is C12H13FN2S. The number of benzene rings is 1. The smallest absolute Gasteiger partial charge is 0.125 e. The molecule has 4 heteroatoms. The average molecular weight is 236 g/mol. The number of aryl methyl sites for hydroxylation is 1. The Morgan fingerprint density at radius 1 is 1.44 bits per heavy atom. The minimum absolute atomic E-state index is 0.146. The van der Waals surface area contributed by atoms with Crippen LogP contribution in [0.1, 0.15) is 22.9 Å². The molecule has 0 saturated heterocycles. The Hall–Kier alpha value is -1.42. The average Bonchev–Trinajstić information content (AvgIpc) is 2.65. The van der Waals surface area contributed by atoms with E-state index in [4.69, 9.17) is 0 Å². The highest BCUT2D eigenvalue weighted by Gasteiger charge is 2.08. The zero-order valence-electron chi connectivity index (χ0n) is 9.20. The lowest BCUT2D eigenvalue weighted by Crippen LogP contribution is -2.04. The zero-order valence-corrected chi connectivity index (χ0v) is 10.0. The lowest BCUT2D eigenvalue weighted by Gasteiger charge is -2.12. The van der Waals surface area contributed by atoms with Crippen molar-refractivity contribution in [2.45, 2.75) is 19.9 Å². The van der Waals surface area contributed by atoms with Gasteiger partial charge in [0.2, 0.25) is 0 Å². The van der Waals surface area contributed by atoms with Crippen LogP contribution in [-0.2, 0) is 0 Å². The topological polar surface area (TPSA) is 24.9 Å². The van der Waals surface area contributed by atoms with Gasteiger partial charge in [-0.05, 0) is 32.0 Å². The van der Waals surface area contributed by atoms with Crippen molar-refractivity contribution in [1.29, 1.82) is 0 Å². The Balaban J connectivity index is 2.10. The number of hydrogen-bond acceptors (Lipinski definition) is 3. The highest BCUT2D eigenvalue weighted by molar-refractivity contribution is 7.11. The summed E-state index contributed by atoms with van der Waals surface area (Å²) in [4.78, 5) is 5.36. The van der Waals surface area contributed by atoms with E-state index in [0.29, 0.717) is 0 Å². The van der Waals surface area contributed by atoms with E-state index in [1.165, 1.54) is 12.1 Å². The van der Waals surface area contributed by atoms with Crippen molar-refractivity contribution in [2.24, 2.45) is 0 Å². The molecule has 84 valence electrons. The Bertz CT molecular complexity index is 481. The second kappa shape index (κ2) is 4.61. The third-order valence-corrected chi connectivity index (χ3v) is 3.37. The molecule has 1 aromatic heterocycles. The summed E-state index contributed by atoms with van der Waals surface area (Å²) < 4.78 is 13.0. The molecule has 1 N–H and O–H groups in total. The van der Waals surface area contributed by atoms with Crippen molar-refractivity contribution in [1.82, 2.24) is 4.98 Å². The summed E-state index contributed by atoms with van der Waals surface area (Å²) >= 11 is 1.65. The quantitative estimate of drug-likeness (QED) is 0.877. The van der Waals surface area contributed by atoms with Crippen molar-refractivity contribution in [3.05, 3.63) is 46.2 Å². The number of nitrogens with one attached hydrogen (secondary N) is 1. The first-order valence-electron chi connectivity index (χ1n) is 5.09. The van der Waals surface area contributed by atoms with Gasteiger partial charge in [-0.25, -0.2) is 9.37 Å². The zero-order chi connectivity index (χ0) is 11.5. The van der Waals surface area contributed by atoms with Crippen LogP contribution in [0.5, 0.6) is 0 Å². The van der Waals surface area contributed by atoms with Crippen LogP contribution in [0.25, 0.3) is 0 Å². The Morgan fingerprint density at radius 2 is 2.25 bits per heavy atom. The molecule has 0 radical (unpaired) electrons. The van der Waals surface area contributed by atoms with E-state index in [1.54, 1.807) is 17.4 Å². The van der Waals surface area contributed by atoms with Gasteiger partial charge in [0.05, 0.1) is 11.0 Å². The highest BCUT2D eigenvalue weighted by atomic mass is 32.1. The molecule has 1 aromatic carbocycles. The molecule has 0 bridgehead atoms. The van der Waals surface area contributed by atoms with E-state index in [9.17, 15) is 4.39 Å². The fourth-order valence-corrected chi connectivity index (χ4v) is 2.26. The highest BCUT2D eigenvalue weighted by Crippen LogP contribution is 2.24. The number of nitrogens with zero attached hydrogens (tertiary/aromatic N) is 1. The standard InChI is InChI=1S/C12H13FN2S/c1-8(12-7-14-9(2)16-12)15-11-5-3-4-10(13)6-11/h3-8,15H,1-2H3. The summed E-state index contributed by atoms with van der Waals surface area (Å²) in [6, 6.07) is 6.63. The van der Waals surface area contributed by atoms with Crippen LogP contribution in [-0.4, -0.2) is 4.98 Å². The monoisotopic (exact) mass is 236 g/mol. The van der Waals surface area contributed by atoms with Crippen LogP contribution in [0.15, 0.2) is 30.5 Å². The summed E-state index contributed by atoms with van der Waals surface area (Å²) in [5, 5.41) is 4.29. The van der Waals surface area contributed by atoms with Crippen LogP contribution in [0.2, 0.25) is 0 Å². The van der Waals surface area contributed by atoms with Crippen LogP contribution in [0, 0.1) is 12.7 Å². The largest absolute Gasteiger partial charge is 0.378 e. The Morgan fingerprint density at radius 3 is 2.88 bits per heavy atom. The van der Waals surface area contributed by atoms with Crippen molar-refractivity contribution < 1.29 is 4.39 Å². The molecule has 1 heterocycles. The summed E-state index contributed by atoms with van der Waals surface area (Å²) in [6.45, 7) is 4.01. The third kappa shape index (κ3) is 2.58. The molecule has 0 aliphatic rings. The maximum absolute atomic E-state index is 13.0. The summed E-state index contributed by atoms with van der Waals surface area (Å²) in [5.74, 6) is -0.224. The van der Waals surface area contributed by atoms with Gasteiger partial charge in [0.25, 0.3) is 0 Å². The number of halogens is 1. The fourth-order valence-electron chi connectivity index (χ4n) is 1.48. The van der Waals surface area contributed by atoms with Crippen LogP contribution >= 0.6 is 11.3 Å². The predicted octanol–water partition coefficient (Wildman–Crippen LogP) is 3.76. The van der Waals surface area contributed by atoms with Gasteiger partial charge in [0, 0.05) is 16.8 Å². The van der Waals surface area contributed by atoms with Crippen LogP contribution in [0.4, 0.5) is 10.1 Å². The molecule has 2 aromatic rings. The fraction of sp³-hybridized carbons (Fsp3) is 0.250. The normalized spacial score (nSPS) is 12.4. The maximum Gasteiger partial charge on any atom is 0.125 e. The van der Waals surface area contributed by atoms with Gasteiger partial charge in [0.1, 0.15) is 5.82 Å². The number of aromatic nitrogens is 1. The molecule has 2 rings (SSSR count). The second-order valence-corrected chi connectivity index (χ2v) is 4.92. The molecule has 1 unspecified atom stereocenters. The van der Waals surface area contributed by atoms with E-state index in [1.807, 2.05) is 26.1 Å². The molecule has 0 amide bonds. The molecule has 16 heavy (non-hydrogen) atoms. The van der Waals surface area contributed by atoms with Gasteiger partial charge in [-0.3, -0.25) is 0 Å². The first-order chi connectivity index (χ1) is 7.65. The molecule has 2 nitrogen and oxygen atoms in total. The van der Waals surface area contributed by atoms with Crippen molar-refractivity contribution in [3.8, 4) is 0 Å². The van der Waals surface area contributed by atoms with Gasteiger partial charge in [-0.15, -0.1) is 11.3 Å². The van der Waals surface area contributed by atoms with Crippen molar-refractivity contribution >= 4 is 17.0 Å². The SMILES string of the molecule is Cc1ncc(C(C)Nc2cccc(F)c2)s1. The lowest BCUT2D eigenvalue weighted by atomic mass is 10.2. The minimum Gasteiger partial charge on any atom is -0.378 e. The van der Waals surface area contributed by atoms with E-state index < -0.39 is 0 Å². The lowest BCUT2D eigenvalue weighted by molar-refractivity contribution is 0.628. The van der Waals surface area contributed by atoms with E-state index in [0.717, 1.165) is 15.6 Å². The van der Waals surface area contributed by atoms with Gasteiger partial charge in [0.15, 0.2) is 0 Å². The molecule has 1 atom stereocenters. The number of hydrogen-bond donors (Lipinski definition) is 1. The third-order valence-electron chi connectivity index (χ3n) is 2.27. The van der Waals surface area contributed by atoms with E-state index in [2.05, 4.69) is 10.3 Å². The predicted molar refractivity (Wildman–Crippen MR) is 65.3 cm³/mol. The van der Waals surface area contributed by atoms with Crippen LogP contribution in [0.3, 0.4) is 0 Å². The van der Waals surface area contributed by atoms with Gasteiger partial charge >= 0.3 is 0 Å². The van der Waals surface area contributed by atoms with E-state index in [-0.39, 0.29) is 11.9 Å². The molecule has 0 fully saturated rings. The number of rotatable bonds is 3. The summed E-state index contributed by atoms with van der Waals surface area (Å²) in [5.41, 5.74) is 0.790. The molecular weight excluding hydrogens is 223 g/mol. The minimum atomic E-state index is -0.224. The van der Waals surface area contributed by atoms with Crippen molar-refractivity contribution in [2.75, 3.05) is 5.32 Å². The molecule has 0 saturated carbocycles. The van der Waals surface area contributed by atoms with Gasteiger partial charge in [-0.1, -0.05) is 6.07 Å². The maximum atomic E-state index is 13.0. The van der Waals surface area contributed by atoms with Gasteiger partial charge < -0.3 is 5.32 Å². The van der Waals surface area contributed by atoms with Crippen molar-refractivity contribution in [3.63, 3.8) is 0 Å². The molecule has 0 aliphatic carbocycles. The first-order valence-corrected chi connectivity index (χ1v) is 5.91. The summed E-state index contributed by atoms with van der Waals surface area (Å²) in [7, 11) is 0. The Kier molecular flexibility index (Phi) is 3.19. The summed E-state index contributed by atoms with van der Waals surface area (Å²) in [6.07, 6.45) is 1.86. The van der Waals surface area contributed by atoms with Crippen LogP contribution < -0.4 is 5.32 Å².